The first-order chi connectivity index (χ1) is 12.2. The van der Waals surface area contributed by atoms with E-state index in [4.69, 9.17) is 11.6 Å². The molecule has 0 fully saturated rings. The Kier molecular flexibility index (Phi) is 5.65. The quantitative estimate of drug-likeness (QED) is 0.685. The molecule has 25 heavy (non-hydrogen) atoms. The van der Waals surface area contributed by atoms with Crippen molar-refractivity contribution in [3.63, 3.8) is 0 Å². The highest BCUT2D eigenvalue weighted by Gasteiger charge is 2.00. The standard InChI is InChI=1S/C20H18ClN3O/c21-18-9-6-16(7-10-18)12-13-22-20(25)11-8-17-14-23-24(15-17)19-4-2-1-3-5-19/h1-11,14-15H,12-13H2,(H,22,25)/b11-8+. The summed E-state index contributed by atoms with van der Waals surface area (Å²) >= 11 is 5.85. The molecule has 0 atom stereocenters. The molecule has 0 spiro atoms. The van der Waals surface area contributed by atoms with E-state index in [0.717, 1.165) is 23.2 Å². The summed E-state index contributed by atoms with van der Waals surface area (Å²) in [6.07, 6.45) is 7.65. The van der Waals surface area contributed by atoms with Crippen LogP contribution in [-0.4, -0.2) is 22.2 Å². The Hall–Kier alpha value is -2.85. The molecule has 1 amide bonds. The average Bonchev–Trinajstić information content (AvgIpc) is 3.11. The fourth-order valence-corrected chi connectivity index (χ4v) is 2.48. The molecule has 0 aliphatic carbocycles. The fraction of sp³-hybridized carbons (Fsp3) is 0.100. The molecule has 0 aliphatic heterocycles. The molecule has 0 aliphatic rings. The minimum atomic E-state index is -0.124. The second kappa shape index (κ2) is 8.31. The summed E-state index contributed by atoms with van der Waals surface area (Å²) in [6, 6.07) is 17.5. The number of rotatable bonds is 6. The molecule has 0 radical (unpaired) electrons. The number of hydrogen-bond donors (Lipinski definition) is 1. The van der Waals surface area contributed by atoms with E-state index in [0.29, 0.717) is 11.6 Å². The van der Waals surface area contributed by atoms with Crippen LogP contribution in [0.15, 0.2) is 73.1 Å². The van der Waals surface area contributed by atoms with Crippen LogP contribution in [0.1, 0.15) is 11.1 Å². The molecule has 1 heterocycles. The number of carbonyl (C=O) groups is 1. The Morgan fingerprint density at radius 3 is 2.64 bits per heavy atom. The minimum absolute atomic E-state index is 0.124. The van der Waals surface area contributed by atoms with E-state index >= 15 is 0 Å². The number of para-hydroxylation sites is 1. The van der Waals surface area contributed by atoms with Gasteiger partial charge in [-0.25, -0.2) is 4.68 Å². The van der Waals surface area contributed by atoms with Gasteiger partial charge in [0.25, 0.3) is 0 Å². The molecule has 1 aromatic heterocycles. The summed E-state index contributed by atoms with van der Waals surface area (Å²) in [5.74, 6) is -0.124. The molecule has 2 aromatic carbocycles. The van der Waals surface area contributed by atoms with Crippen molar-refractivity contribution in [3.05, 3.63) is 89.2 Å². The van der Waals surface area contributed by atoms with Gasteiger partial charge in [0.15, 0.2) is 0 Å². The van der Waals surface area contributed by atoms with Gasteiger partial charge >= 0.3 is 0 Å². The smallest absolute Gasteiger partial charge is 0.244 e. The number of nitrogens with zero attached hydrogens (tertiary/aromatic N) is 2. The number of nitrogens with one attached hydrogen (secondary N) is 1. The lowest BCUT2D eigenvalue weighted by Crippen LogP contribution is -2.23. The average molecular weight is 352 g/mol. The van der Waals surface area contributed by atoms with Gasteiger partial charge in [0.05, 0.1) is 11.9 Å². The third-order valence-corrected chi connectivity index (χ3v) is 3.93. The lowest BCUT2D eigenvalue weighted by Gasteiger charge is -2.02. The first kappa shape index (κ1) is 17.0. The molecule has 5 heteroatoms. The number of halogens is 1. The summed E-state index contributed by atoms with van der Waals surface area (Å²) in [4.78, 5) is 11.9. The van der Waals surface area contributed by atoms with Gasteiger partial charge in [-0.2, -0.15) is 5.10 Å². The second-order valence-electron chi connectivity index (χ2n) is 5.55. The van der Waals surface area contributed by atoms with Crippen LogP contribution >= 0.6 is 11.6 Å². The van der Waals surface area contributed by atoms with Crippen LogP contribution in [0.3, 0.4) is 0 Å². The van der Waals surface area contributed by atoms with Crippen LogP contribution in [0.4, 0.5) is 0 Å². The molecule has 3 rings (SSSR count). The van der Waals surface area contributed by atoms with Gasteiger partial charge in [-0.15, -0.1) is 0 Å². The summed E-state index contributed by atoms with van der Waals surface area (Å²) < 4.78 is 1.78. The number of carbonyl (C=O) groups excluding carboxylic acids is 1. The summed E-state index contributed by atoms with van der Waals surface area (Å²) in [6.45, 7) is 0.577. The van der Waals surface area contributed by atoms with Crippen molar-refractivity contribution >= 4 is 23.6 Å². The molecule has 1 N–H and O–H groups in total. The first-order valence-electron chi connectivity index (χ1n) is 8.01. The predicted molar refractivity (Wildman–Crippen MR) is 101 cm³/mol. The monoisotopic (exact) mass is 351 g/mol. The Balaban J connectivity index is 1.49. The van der Waals surface area contributed by atoms with Crippen LogP contribution in [-0.2, 0) is 11.2 Å². The van der Waals surface area contributed by atoms with Crippen molar-refractivity contribution in [1.29, 1.82) is 0 Å². The van der Waals surface area contributed by atoms with Crippen molar-refractivity contribution in [3.8, 4) is 5.69 Å². The Bertz CT molecular complexity index is 854. The van der Waals surface area contributed by atoms with Crippen molar-refractivity contribution in [2.24, 2.45) is 0 Å². The van der Waals surface area contributed by atoms with Crippen molar-refractivity contribution < 1.29 is 4.79 Å². The van der Waals surface area contributed by atoms with E-state index in [-0.39, 0.29) is 5.91 Å². The molecule has 126 valence electrons. The normalized spacial score (nSPS) is 10.9. The van der Waals surface area contributed by atoms with Gasteiger partial charge in [-0.3, -0.25) is 4.79 Å². The molecule has 0 unspecified atom stereocenters. The summed E-state index contributed by atoms with van der Waals surface area (Å²) in [5.41, 5.74) is 2.99. The Morgan fingerprint density at radius 1 is 1.12 bits per heavy atom. The highest BCUT2D eigenvalue weighted by molar-refractivity contribution is 6.30. The van der Waals surface area contributed by atoms with Crippen molar-refractivity contribution in [1.82, 2.24) is 15.1 Å². The van der Waals surface area contributed by atoms with Crippen molar-refractivity contribution in [2.45, 2.75) is 6.42 Å². The van der Waals surface area contributed by atoms with E-state index in [2.05, 4.69) is 10.4 Å². The number of benzene rings is 2. The van der Waals surface area contributed by atoms with E-state index in [9.17, 15) is 4.79 Å². The zero-order valence-corrected chi connectivity index (χ0v) is 14.4. The summed E-state index contributed by atoms with van der Waals surface area (Å²) in [7, 11) is 0. The zero-order valence-electron chi connectivity index (χ0n) is 13.6. The molecule has 0 bridgehead atoms. The number of aromatic nitrogens is 2. The summed E-state index contributed by atoms with van der Waals surface area (Å²) in [5, 5.41) is 7.88. The van der Waals surface area contributed by atoms with Gasteiger partial charge in [-0.05, 0) is 42.3 Å². The van der Waals surface area contributed by atoms with Crippen molar-refractivity contribution in [2.75, 3.05) is 6.54 Å². The number of hydrogen-bond acceptors (Lipinski definition) is 2. The third-order valence-electron chi connectivity index (χ3n) is 3.68. The predicted octanol–water partition coefficient (Wildman–Crippen LogP) is 3.90. The van der Waals surface area contributed by atoms with Crippen LogP contribution in [0.25, 0.3) is 11.8 Å². The molecule has 3 aromatic rings. The molecule has 0 saturated heterocycles. The molecular formula is C20H18ClN3O. The van der Waals surface area contributed by atoms with E-state index in [1.807, 2.05) is 60.8 Å². The van der Waals surface area contributed by atoms with Crippen LogP contribution < -0.4 is 5.32 Å². The first-order valence-corrected chi connectivity index (χ1v) is 8.39. The van der Waals surface area contributed by atoms with Crippen LogP contribution in [0.5, 0.6) is 0 Å². The van der Waals surface area contributed by atoms with E-state index in [1.54, 1.807) is 17.0 Å². The number of amides is 1. The topological polar surface area (TPSA) is 46.9 Å². The largest absolute Gasteiger partial charge is 0.352 e. The Labute approximate surface area is 151 Å². The lowest BCUT2D eigenvalue weighted by molar-refractivity contribution is -0.116. The zero-order chi connectivity index (χ0) is 17.5. The van der Waals surface area contributed by atoms with Crippen LogP contribution in [0, 0.1) is 0 Å². The third kappa shape index (κ3) is 5.06. The van der Waals surface area contributed by atoms with Gasteiger partial charge in [0.2, 0.25) is 5.91 Å². The Morgan fingerprint density at radius 2 is 1.88 bits per heavy atom. The SMILES string of the molecule is O=C(/C=C/c1cnn(-c2ccccc2)c1)NCCc1ccc(Cl)cc1. The van der Waals surface area contributed by atoms with Gasteiger partial charge in [-0.1, -0.05) is 41.9 Å². The lowest BCUT2D eigenvalue weighted by atomic mass is 10.1. The van der Waals surface area contributed by atoms with Crippen LogP contribution in [0.2, 0.25) is 5.02 Å². The molecule has 0 saturated carbocycles. The maximum atomic E-state index is 11.9. The van der Waals surface area contributed by atoms with Gasteiger partial charge < -0.3 is 5.32 Å². The van der Waals surface area contributed by atoms with Gasteiger partial charge in [0, 0.05) is 29.4 Å². The maximum absolute atomic E-state index is 11.9. The fourth-order valence-electron chi connectivity index (χ4n) is 2.36. The maximum Gasteiger partial charge on any atom is 0.244 e. The molecule has 4 nitrogen and oxygen atoms in total. The van der Waals surface area contributed by atoms with E-state index < -0.39 is 0 Å². The minimum Gasteiger partial charge on any atom is -0.352 e. The van der Waals surface area contributed by atoms with E-state index in [1.165, 1.54) is 6.08 Å². The van der Waals surface area contributed by atoms with Gasteiger partial charge in [0.1, 0.15) is 0 Å². The molecular weight excluding hydrogens is 334 g/mol. The highest BCUT2D eigenvalue weighted by atomic mass is 35.5. The highest BCUT2D eigenvalue weighted by Crippen LogP contribution is 2.10. The second-order valence-corrected chi connectivity index (χ2v) is 5.99.